The number of carbonyl (C=O) groups excluding carboxylic acids is 1. The number of nitrogens with one attached hydrogen (secondary N) is 1. The van der Waals surface area contributed by atoms with E-state index in [1.807, 2.05) is 0 Å². The maximum absolute atomic E-state index is 13.7. The average molecular weight is 267 g/mol. The van der Waals surface area contributed by atoms with Gasteiger partial charge in [-0.15, -0.1) is 0 Å². The van der Waals surface area contributed by atoms with Crippen LogP contribution in [0.5, 0.6) is 0 Å². The molecule has 1 aromatic carbocycles. The highest BCUT2D eigenvalue weighted by Gasteiger charge is 2.32. The summed E-state index contributed by atoms with van der Waals surface area (Å²) in [6, 6.07) is 6.06. The molecular formula is C14H18FNO3. The molecule has 1 aromatic rings. The fourth-order valence-corrected chi connectivity index (χ4v) is 1.64. The molecule has 1 rings (SSSR count). The molecular weight excluding hydrogens is 249 g/mol. The van der Waals surface area contributed by atoms with Crippen LogP contribution >= 0.6 is 0 Å². The van der Waals surface area contributed by atoms with Crippen LogP contribution in [-0.4, -0.2) is 23.5 Å². The summed E-state index contributed by atoms with van der Waals surface area (Å²) in [6.45, 7) is 4.73. The van der Waals surface area contributed by atoms with Gasteiger partial charge in [-0.1, -0.05) is 25.1 Å². The van der Waals surface area contributed by atoms with Crippen molar-refractivity contribution in [2.75, 3.05) is 6.54 Å². The highest BCUT2D eigenvalue weighted by Crippen LogP contribution is 2.25. The van der Waals surface area contributed by atoms with Crippen molar-refractivity contribution >= 4 is 11.9 Å². The summed E-state index contributed by atoms with van der Waals surface area (Å²) in [5, 5.41) is 11.3. The minimum atomic E-state index is -1.05. The Hall–Kier alpha value is -1.91. The maximum Gasteiger partial charge on any atom is 0.308 e. The summed E-state index contributed by atoms with van der Waals surface area (Å²) in [5.74, 6) is -2.51. The molecule has 4 nitrogen and oxygen atoms in total. The number of benzene rings is 1. The molecule has 0 aliphatic rings. The number of hydrogen-bond donors (Lipinski definition) is 2. The minimum Gasteiger partial charge on any atom is -0.481 e. The molecule has 0 saturated heterocycles. The lowest BCUT2D eigenvalue weighted by Gasteiger charge is -2.25. The Morgan fingerprint density at radius 2 is 1.95 bits per heavy atom. The van der Waals surface area contributed by atoms with Crippen LogP contribution < -0.4 is 5.32 Å². The summed E-state index contributed by atoms with van der Waals surface area (Å²) in [6.07, 6.45) is 0. The molecule has 0 aliphatic carbocycles. The van der Waals surface area contributed by atoms with Crippen molar-refractivity contribution in [2.45, 2.75) is 26.2 Å². The Labute approximate surface area is 111 Å². The van der Waals surface area contributed by atoms with Crippen LogP contribution in [0.1, 0.15) is 26.3 Å². The molecule has 2 N–H and O–H groups in total. The van der Waals surface area contributed by atoms with Gasteiger partial charge in [-0.05, 0) is 19.9 Å². The Morgan fingerprint density at radius 3 is 2.47 bits per heavy atom. The Balaban J connectivity index is 2.80. The lowest BCUT2D eigenvalue weighted by atomic mass is 9.83. The standard InChI is InChI=1S/C14H18FNO3/c1-9(12(17)18)8-16-13(19)14(2,3)10-6-4-5-7-11(10)15/h4-7,9H,8H2,1-3H3,(H,16,19)(H,17,18). The molecule has 0 aromatic heterocycles. The van der Waals surface area contributed by atoms with Crippen LogP contribution in [0.4, 0.5) is 4.39 Å². The lowest BCUT2D eigenvalue weighted by molar-refractivity contribution is -0.141. The second kappa shape index (κ2) is 5.82. The van der Waals surface area contributed by atoms with Crippen molar-refractivity contribution in [1.29, 1.82) is 0 Å². The van der Waals surface area contributed by atoms with Crippen LogP contribution in [0.15, 0.2) is 24.3 Å². The van der Waals surface area contributed by atoms with Gasteiger partial charge in [0.1, 0.15) is 5.82 Å². The molecule has 0 saturated carbocycles. The zero-order chi connectivity index (χ0) is 14.6. The first kappa shape index (κ1) is 15.1. The third-order valence-electron chi connectivity index (χ3n) is 3.11. The van der Waals surface area contributed by atoms with Gasteiger partial charge in [-0.2, -0.15) is 0 Å². The molecule has 0 heterocycles. The molecule has 104 valence electrons. The Morgan fingerprint density at radius 1 is 1.37 bits per heavy atom. The summed E-state index contributed by atoms with van der Waals surface area (Å²) < 4.78 is 13.7. The quantitative estimate of drug-likeness (QED) is 0.856. The molecule has 1 atom stereocenters. The van der Waals surface area contributed by atoms with Crippen molar-refractivity contribution < 1.29 is 19.1 Å². The van der Waals surface area contributed by atoms with Gasteiger partial charge in [0.05, 0.1) is 11.3 Å². The predicted octanol–water partition coefficient (Wildman–Crippen LogP) is 1.94. The van der Waals surface area contributed by atoms with Gasteiger partial charge in [-0.25, -0.2) is 4.39 Å². The van der Waals surface area contributed by atoms with Gasteiger partial charge < -0.3 is 10.4 Å². The van der Waals surface area contributed by atoms with Crippen LogP contribution in [0.3, 0.4) is 0 Å². The Kier molecular flexibility index (Phi) is 4.64. The molecule has 19 heavy (non-hydrogen) atoms. The van der Waals surface area contributed by atoms with Gasteiger partial charge in [0.2, 0.25) is 5.91 Å². The summed E-state index contributed by atoms with van der Waals surface area (Å²) >= 11 is 0. The van der Waals surface area contributed by atoms with Crippen LogP contribution in [-0.2, 0) is 15.0 Å². The number of hydrogen-bond acceptors (Lipinski definition) is 2. The first-order chi connectivity index (χ1) is 8.76. The molecule has 1 unspecified atom stereocenters. The van der Waals surface area contributed by atoms with Crippen LogP contribution in [0, 0.1) is 11.7 Å². The number of amides is 1. The van der Waals surface area contributed by atoms with Crippen molar-refractivity contribution in [1.82, 2.24) is 5.32 Å². The monoisotopic (exact) mass is 267 g/mol. The first-order valence-electron chi connectivity index (χ1n) is 6.03. The third-order valence-corrected chi connectivity index (χ3v) is 3.11. The summed E-state index contributed by atoms with van der Waals surface area (Å²) in [5.41, 5.74) is -0.765. The van der Waals surface area contributed by atoms with Crippen molar-refractivity contribution in [2.24, 2.45) is 5.92 Å². The fraction of sp³-hybridized carbons (Fsp3) is 0.429. The number of carboxylic acids is 1. The van der Waals surface area contributed by atoms with Gasteiger partial charge in [0, 0.05) is 12.1 Å². The fourth-order valence-electron chi connectivity index (χ4n) is 1.64. The lowest BCUT2D eigenvalue weighted by Crippen LogP contribution is -2.43. The van der Waals surface area contributed by atoms with E-state index in [1.54, 1.807) is 32.0 Å². The second-order valence-electron chi connectivity index (χ2n) is 5.05. The zero-order valence-corrected chi connectivity index (χ0v) is 11.2. The van der Waals surface area contributed by atoms with E-state index in [0.29, 0.717) is 0 Å². The molecule has 0 radical (unpaired) electrons. The number of rotatable bonds is 5. The number of halogens is 1. The van der Waals surface area contributed by atoms with E-state index < -0.39 is 29.0 Å². The summed E-state index contributed by atoms with van der Waals surface area (Å²) in [7, 11) is 0. The van der Waals surface area contributed by atoms with Crippen LogP contribution in [0.2, 0.25) is 0 Å². The molecule has 0 spiro atoms. The predicted molar refractivity (Wildman–Crippen MR) is 69.2 cm³/mol. The number of carboxylic acid groups (broad SMARTS) is 1. The molecule has 0 bridgehead atoms. The maximum atomic E-state index is 13.7. The van der Waals surface area contributed by atoms with Gasteiger partial charge in [-0.3, -0.25) is 9.59 Å². The Bertz CT molecular complexity index is 485. The van der Waals surface area contributed by atoms with Crippen molar-refractivity contribution in [3.05, 3.63) is 35.6 Å². The van der Waals surface area contributed by atoms with Gasteiger partial charge in [0.25, 0.3) is 0 Å². The van der Waals surface area contributed by atoms with Crippen LogP contribution in [0.25, 0.3) is 0 Å². The summed E-state index contributed by atoms with van der Waals surface area (Å²) in [4.78, 5) is 22.7. The normalized spacial score (nSPS) is 12.8. The third kappa shape index (κ3) is 3.53. The van der Waals surface area contributed by atoms with Gasteiger partial charge >= 0.3 is 5.97 Å². The highest BCUT2D eigenvalue weighted by atomic mass is 19.1. The first-order valence-corrected chi connectivity index (χ1v) is 6.03. The van der Waals surface area contributed by atoms with Crippen molar-refractivity contribution in [3.8, 4) is 0 Å². The average Bonchev–Trinajstić information content (AvgIpc) is 2.35. The van der Waals surface area contributed by atoms with E-state index in [1.165, 1.54) is 13.0 Å². The van der Waals surface area contributed by atoms with Crippen molar-refractivity contribution in [3.63, 3.8) is 0 Å². The second-order valence-corrected chi connectivity index (χ2v) is 5.05. The molecule has 0 aliphatic heterocycles. The van der Waals surface area contributed by atoms with E-state index >= 15 is 0 Å². The van der Waals surface area contributed by atoms with E-state index in [0.717, 1.165) is 0 Å². The minimum absolute atomic E-state index is 0.0199. The smallest absolute Gasteiger partial charge is 0.308 e. The number of aliphatic carboxylic acids is 1. The molecule has 0 fully saturated rings. The van der Waals surface area contributed by atoms with E-state index in [4.69, 9.17) is 5.11 Å². The molecule has 1 amide bonds. The van der Waals surface area contributed by atoms with E-state index in [2.05, 4.69) is 5.32 Å². The van der Waals surface area contributed by atoms with Gasteiger partial charge in [0.15, 0.2) is 0 Å². The van der Waals surface area contributed by atoms with E-state index in [9.17, 15) is 14.0 Å². The number of carbonyl (C=O) groups is 2. The molecule has 5 heteroatoms. The SMILES string of the molecule is CC(CNC(=O)C(C)(C)c1ccccc1F)C(=O)O. The zero-order valence-electron chi connectivity index (χ0n) is 11.2. The topological polar surface area (TPSA) is 66.4 Å². The van der Waals surface area contributed by atoms with E-state index in [-0.39, 0.29) is 12.1 Å². The largest absolute Gasteiger partial charge is 0.481 e. The highest BCUT2D eigenvalue weighted by molar-refractivity contribution is 5.87.